The molecule has 0 spiro atoms. The highest BCUT2D eigenvalue weighted by molar-refractivity contribution is 5.88. The van der Waals surface area contributed by atoms with E-state index in [1.54, 1.807) is 12.6 Å². The van der Waals surface area contributed by atoms with Gasteiger partial charge in [-0.15, -0.1) is 0 Å². The summed E-state index contributed by atoms with van der Waals surface area (Å²) in [7, 11) is 0. The van der Waals surface area contributed by atoms with Crippen LogP contribution in [0.4, 0.5) is 0 Å². The van der Waals surface area contributed by atoms with Gasteiger partial charge >= 0.3 is 0 Å². The summed E-state index contributed by atoms with van der Waals surface area (Å²) in [6.45, 7) is 0. The van der Waals surface area contributed by atoms with Gasteiger partial charge in [-0.1, -0.05) is 0 Å². The smallest absolute Gasteiger partial charge is 0.213 e. The summed E-state index contributed by atoms with van der Waals surface area (Å²) < 4.78 is 0. The number of hydrogen-bond acceptors (Lipinski definition) is 2. The van der Waals surface area contributed by atoms with Gasteiger partial charge < -0.3 is 0 Å². The Labute approximate surface area is 41.5 Å². The number of carbonyl (C=O) groups excluding carboxylic acids is 2. The molecule has 1 aliphatic carbocycles. The lowest BCUT2D eigenvalue weighted by Crippen LogP contribution is -2.00. The van der Waals surface area contributed by atoms with Crippen molar-refractivity contribution in [2.75, 3.05) is 0 Å². The van der Waals surface area contributed by atoms with Crippen LogP contribution in [0.15, 0.2) is 0 Å². The summed E-state index contributed by atoms with van der Waals surface area (Å²) in [6.07, 6.45) is 4.56. The van der Waals surface area contributed by atoms with Crippen LogP contribution in [0.3, 0.4) is 0 Å². The number of hydrogen-bond donors (Lipinski definition) is 0. The monoisotopic (exact) mass is 96.0 g/mol. The molecule has 0 amide bonds. The van der Waals surface area contributed by atoms with Crippen molar-refractivity contribution in [3.63, 3.8) is 0 Å². The van der Waals surface area contributed by atoms with Gasteiger partial charge in [0.25, 0.3) is 0 Å². The third-order valence-corrected chi connectivity index (χ3v) is 1.14. The van der Waals surface area contributed by atoms with E-state index in [2.05, 4.69) is 0 Å². The van der Waals surface area contributed by atoms with E-state index in [9.17, 15) is 9.59 Å². The summed E-state index contributed by atoms with van der Waals surface area (Å²) in [5, 5.41) is 0. The van der Waals surface area contributed by atoms with Crippen LogP contribution in [0, 0.1) is 5.41 Å². The minimum absolute atomic E-state index is 0.653. The topological polar surface area (TPSA) is 34.1 Å². The molecule has 0 aromatic heterocycles. The molecule has 0 saturated heterocycles. The predicted octanol–water partition coefficient (Wildman–Crippen LogP) is -0.0140. The molecule has 2 radical (unpaired) electrons. The van der Waals surface area contributed by atoms with E-state index >= 15 is 0 Å². The quantitative estimate of drug-likeness (QED) is 0.453. The Morgan fingerprint density at radius 3 is 1.57 bits per heavy atom. The summed E-state index contributed by atoms with van der Waals surface area (Å²) in [4.78, 5) is 19.5. The van der Waals surface area contributed by atoms with Crippen LogP contribution in [0.1, 0.15) is 12.8 Å². The van der Waals surface area contributed by atoms with Crippen LogP contribution in [0.5, 0.6) is 0 Å². The van der Waals surface area contributed by atoms with E-state index < -0.39 is 5.41 Å². The lowest BCUT2D eigenvalue weighted by Gasteiger charge is -1.80. The van der Waals surface area contributed by atoms with Crippen LogP contribution < -0.4 is 0 Å². The van der Waals surface area contributed by atoms with E-state index in [1.807, 2.05) is 0 Å². The second kappa shape index (κ2) is 1.15. The zero-order valence-electron chi connectivity index (χ0n) is 3.73. The first-order valence-corrected chi connectivity index (χ1v) is 2.12. The Morgan fingerprint density at radius 2 is 1.57 bits per heavy atom. The zero-order valence-corrected chi connectivity index (χ0v) is 3.73. The van der Waals surface area contributed by atoms with E-state index in [0.29, 0.717) is 12.8 Å². The van der Waals surface area contributed by atoms with Crippen LogP contribution >= 0.6 is 0 Å². The van der Waals surface area contributed by atoms with E-state index in [1.165, 1.54) is 0 Å². The van der Waals surface area contributed by atoms with Gasteiger partial charge in [-0.3, -0.25) is 9.59 Å². The zero-order chi connectivity index (χ0) is 5.33. The van der Waals surface area contributed by atoms with Gasteiger partial charge in [-0.05, 0) is 12.8 Å². The predicted molar refractivity (Wildman–Crippen MR) is 23.1 cm³/mol. The fourth-order valence-corrected chi connectivity index (χ4v) is 0.350. The van der Waals surface area contributed by atoms with Crippen molar-refractivity contribution in [3.8, 4) is 0 Å². The molecule has 7 heavy (non-hydrogen) atoms. The maximum Gasteiger partial charge on any atom is 0.213 e. The fourth-order valence-electron chi connectivity index (χ4n) is 0.350. The Morgan fingerprint density at radius 1 is 1.14 bits per heavy atom. The average Bonchev–Trinajstić information content (AvgIpc) is 2.46. The Bertz CT molecular complexity index is 92.6. The molecule has 0 aliphatic heterocycles. The van der Waals surface area contributed by atoms with Gasteiger partial charge in [0.15, 0.2) is 0 Å². The lowest BCUT2D eigenvalue weighted by atomic mass is 10.2. The summed E-state index contributed by atoms with van der Waals surface area (Å²) in [5.74, 6) is 0. The summed E-state index contributed by atoms with van der Waals surface area (Å²) in [6, 6.07) is 0. The van der Waals surface area contributed by atoms with Gasteiger partial charge in [-0.2, -0.15) is 0 Å². The highest BCUT2D eigenvalue weighted by Crippen LogP contribution is 2.40. The molecule has 0 heterocycles. The maximum atomic E-state index is 9.73. The maximum absolute atomic E-state index is 9.73. The van der Waals surface area contributed by atoms with Crippen LogP contribution in [-0.2, 0) is 9.59 Å². The molecule has 0 unspecified atom stereocenters. The van der Waals surface area contributed by atoms with Gasteiger partial charge in [0.2, 0.25) is 12.6 Å². The molecular weight excluding hydrogens is 92.1 g/mol. The van der Waals surface area contributed by atoms with Gasteiger partial charge in [-0.25, -0.2) is 0 Å². The van der Waals surface area contributed by atoms with Crippen molar-refractivity contribution >= 4 is 12.6 Å². The Balaban J connectivity index is 2.58. The van der Waals surface area contributed by atoms with Crippen molar-refractivity contribution in [3.05, 3.63) is 0 Å². The van der Waals surface area contributed by atoms with Crippen molar-refractivity contribution in [1.82, 2.24) is 0 Å². The molecule has 1 fully saturated rings. The SMILES string of the molecule is O=[C]C1([C]=O)CC1. The molecule has 0 aromatic carbocycles. The van der Waals surface area contributed by atoms with Crippen molar-refractivity contribution in [2.24, 2.45) is 5.41 Å². The van der Waals surface area contributed by atoms with Crippen LogP contribution in [-0.4, -0.2) is 12.6 Å². The molecule has 0 aromatic rings. The standard InChI is InChI=1S/C5H4O2/c6-3-5(4-7)1-2-5/h1-2H2. The Hall–Kier alpha value is -0.660. The van der Waals surface area contributed by atoms with Crippen LogP contribution in [0.2, 0.25) is 0 Å². The first-order chi connectivity index (χ1) is 3.33. The molecule has 1 aliphatic rings. The molecule has 36 valence electrons. The molecule has 1 saturated carbocycles. The van der Waals surface area contributed by atoms with Gasteiger partial charge in [0, 0.05) is 0 Å². The highest BCUT2D eigenvalue weighted by Gasteiger charge is 2.44. The molecule has 0 atom stereocenters. The first kappa shape index (κ1) is 4.50. The van der Waals surface area contributed by atoms with Gasteiger partial charge in [0.1, 0.15) is 5.41 Å². The molecular formula is C5H4O2. The third-order valence-electron chi connectivity index (χ3n) is 1.14. The third kappa shape index (κ3) is 0.557. The van der Waals surface area contributed by atoms with E-state index in [-0.39, 0.29) is 0 Å². The van der Waals surface area contributed by atoms with Gasteiger partial charge in [0.05, 0.1) is 0 Å². The second-order valence-electron chi connectivity index (χ2n) is 1.79. The molecule has 0 N–H and O–H groups in total. The summed E-state index contributed by atoms with van der Waals surface area (Å²) >= 11 is 0. The molecule has 2 nitrogen and oxygen atoms in total. The second-order valence-corrected chi connectivity index (χ2v) is 1.79. The first-order valence-electron chi connectivity index (χ1n) is 2.12. The Kier molecular flexibility index (Phi) is 0.741. The number of rotatable bonds is 2. The van der Waals surface area contributed by atoms with E-state index in [0.717, 1.165) is 0 Å². The summed E-state index contributed by atoms with van der Waals surface area (Å²) in [5.41, 5.74) is -0.778. The molecule has 2 heteroatoms. The van der Waals surface area contributed by atoms with Crippen molar-refractivity contribution in [1.29, 1.82) is 0 Å². The highest BCUT2D eigenvalue weighted by atomic mass is 16.1. The molecule has 0 bridgehead atoms. The van der Waals surface area contributed by atoms with Crippen LogP contribution in [0.25, 0.3) is 0 Å². The average molecular weight is 96.1 g/mol. The normalized spacial score (nSPS) is 23.4. The molecule has 1 rings (SSSR count). The minimum atomic E-state index is -0.778. The van der Waals surface area contributed by atoms with Crippen molar-refractivity contribution in [2.45, 2.75) is 12.8 Å². The fraction of sp³-hybridized carbons (Fsp3) is 0.600. The van der Waals surface area contributed by atoms with Crippen molar-refractivity contribution < 1.29 is 9.59 Å². The van der Waals surface area contributed by atoms with E-state index in [4.69, 9.17) is 0 Å². The largest absolute Gasteiger partial charge is 0.290 e. The lowest BCUT2D eigenvalue weighted by molar-refractivity contribution is 0.515. The minimum Gasteiger partial charge on any atom is -0.290 e.